The van der Waals surface area contributed by atoms with Crippen molar-refractivity contribution in [3.63, 3.8) is 0 Å². The summed E-state index contributed by atoms with van der Waals surface area (Å²) in [5, 5.41) is 1.97. The molecule has 25 heavy (non-hydrogen) atoms. The molecule has 2 rings (SSSR count). The molecule has 0 saturated heterocycles. The molecule has 0 bridgehead atoms. The minimum Gasteiger partial charge on any atom is -0.318 e. The summed E-state index contributed by atoms with van der Waals surface area (Å²) in [6, 6.07) is 4.64. The standard InChI is InChI=1S/C14H11F4N3O3S/c1-25(23,24)21-12-11(10(6-7-19-12)14(16,17)18)20-13(22)8-2-4-9(15)5-3-8/h2-7H,1H3,(H,19,21)(H,20,22). The SMILES string of the molecule is CS(=O)(=O)Nc1nccc(C(F)(F)F)c1NC(=O)c1ccc(F)cc1. The number of carbonyl (C=O) groups is 1. The highest BCUT2D eigenvalue weighted by Crippen LogP contribution is 2.38. The van der Waals surface area contributed by atoms with Crippen LogP contribution in [-0.2, 0) is 16.2 Å². The number of anilines is 2. The number of hydrogen-bond donors (Lipinski definition) is 2. The summed E-state index contributed by atoms with van der Waals surface area (Å²) >= 11 is 0. The Labute approximate surface area is 139 Å². The molecule has 0 saturated carbocycles. The minimum atomic E-state index is -4.87. The van der Waals surface area contributed by atoms with Gasteiger partial charge in [-0.05, 0) is 30.3 Å². The van der Waals surface area contributed by atoms with E-state index in [1.54, 1.807) is 0 Å². The number of nitrogens with one attached hydrogen (secondary N) is 2. The van der Waals surface area contributed by atoms with E-state index in [0.29, 0.717) is 6.07 Å². The molecule has 0 unspecified atom stereocenters. The predicted octanol–water partition coefficient (Wildman–Crippen LogP) is 2.86. The van der Waals surface area contributed by atoms with Crippen LogP contribution >= 0.6 is 0 Å². The Morgan fingerprint density at radius 2 is 1.72 bits per heavy atom. The van der Waals surface area contributed by atoms with Gasteiger partial charge in [0.25, 0.3) is 5.91 Å². The molecule has 0 aliphatic rings. The Morgan fingerprint density at radius 3 is 2.24 bits per heavy atom. The fourth-order valence-electron chi connectivity index (χ4n) is 1.86. The number of nitrogens with zero attached hydrogens (tertiary/aromatic N) is 1. The Kier molecular flexibility index (Phi) is 4.97. The van der Waals surface area contributed by atoms with Crippen molar-refractivity contribution in [2.24, 2.45) is 0 Å². The fraction of sp³-hybridized carbons (Fsp3) is 0.143. The third kappa shape index (κ3) is 4.89. The van der Waals surface area contributed by atoms with Crippen LogP contribution in [0.25, 0.3) is 0 Å². The highest BCUT2D eigenvalue weighted by molar-refractivity contribution is 7.92. The van der Waals surface area contributed by atoms with E-state index in [4.69, 9.17) is 0 Å². The normalized spacial score (nSPS) is 11.9. The van der Waals surface area contributed by atoms with Gasteiger partial charge in [-0.3, -0.25) is 9.52 Å². The lowest BCUT2D eigenvalue weighted by molar-refractivity contribution is -0.136. The Bertz CT molecular complexity index is 897. The van der Waals surface area contributed by atoms with Gasteiger partial charge in [0, 0.05) is 11.8 Å². The van der Waals surface area contributed by atoms with Crippen LogP contribution in [0.1, 0.15) is 15.9 Å². The fourth-order valence-corrected chi connectivity index (χ4v) is 2.37. The number of alkyl halides is 3. The summed E-state index contributed by atoms with van der Waals surface area (Å²) in [6.45, 7) is 0. The number of hydrogen-bond acceptors (Lipinski definition) is 4. The second-order valence-electron chi connectivity index (χ2n) is 4.92. The molecular formula is C14H11F4N3O3S. The maximum absolute atomic E-state index is 13.2. The third-order valence-corrected chi connectivity index (χ3v) is 3.45. The van der Waals surface area contributed by atoms with Crippen molar-refractivity contribution < 1.29 is 30.8 Å². The van der Waals surface area contributed by atoms with Gasteiger partial charge < -0.3 is 5.32 Å². The number of rotatable bonds is 4. The summed E-state index contributed by atoms with van der Waals surface area (Å²) in [5.74, 6) is -2.31. The second kappa shape index (κ2) is 6.67. The van der Waals surface area contributed by atoms with Gasteiger partial charge in [-0.15, -0.1) is 0 Å². The molecule has 1 heterocycles. The van der Waals surface area contributed by atoms with Crippen LogP contribution < -0.4 is 10.0 Å². The van der Waals surface area contributed by atoms with Crippen molar-refractivity contribution in [3.8, 4) is 0 Å². The largest absolute Gasteiger partial charge is 0.418 e. The molecule has 0 spiro atoms. The summed E-state index contributed by atoms with van der Waals surface area (Å²) in [4.78, 5) is 15.7. The van der Waals surface area contributed by atoms with E-state index in [2.05, 4.69) is 4.98 Å². The smallest absolute Gasteiger partial charge is 0.318 e. The second-order valence-corrected chi connectivity index (χ2v) is 6.66. The van der Waals surface area contributed by atoms with Gasteiger partial charge in [-0.2, -0.15) is 13.2 Å². The first-order chi connectivity index (χ1) is 11.5. The summed E-state index contributed by atoms with van der Waals surface area (Å²) < 4.78 is 76.8. The van der Waals surface area contributed by atoms with Crippen molar-refractivity contribution in [2.75, 3.05) is 16.3 Å². The lowest BCUT2D eigenvalue weighted by Gasteiger charge is -2.17. The molecule has 2 N–H and O–H groups in total. The lowest BCUT2D eigenvalue weighted by Crippen LogP contribution is -2.21. The number of benzene rings is 1. The van der Waals surface area contributed by atoms with E-state index < -0.39 is 45.0 Å². The van der Waals surface area contributed by atoms with Crippen LogP contribution in [-0.4, -0.2) is 25.6 Å². The zero-order valence-corrected chi connectivity index (χ0v) is 13.4. The van der Waals surface area contributed by atoms with Crippen LogP contribution in [0.4, 0.5) is 29.1 Å². The number of carbonyl (C=O) groups excluding carboxylic acids is 1. The minimum absolute atomic E-state index is 0.122. The zero-order chi connectivity index (χ0) is 18.8. The van der Waals surface area contributed by atoms with Crippen molar-refractivity contribution in [2.45, 2.75) is 6.18 Å². The van der Waals surface area contributed by atoms with E-state index in [0.717, 1.165) is 36.7 Å². The van der Waals surface area contributed by atoms with Gasteiger partial charge >= 0.3 is 6.18 Å². The quantitative estimate of drug-likeness (QED) is 0.802. The maximum atomic E-state index is 13.2. The number of sulfonamides is 1. The molecule has 0 aliphatic carbocycles. The van der Waals surface area contributed by atoms with Gasteiger partial charge in [0.05, 0.1) is 17.5 Å². The Morgan fingerprint density at radius 1 is 1.12 bits per heavy atom. The van der Waals surface area contributed by atoms with E-state index in [-0.39, 0.29) is 5.56 Å². The van der Waals surface area contributed by atoms with E-state index >= 15 is 0 Å². The Hall–Kier alpha value is -2.69. The molecule has 11 heteroatoms. The van der Waals surface area contributed by atoms with Crippen LogP contribution in [0.5, 0.6) is 0 Å². The molecule has 1 aromatic carbocycles. The molecule has 134 valence electrons. The zero-order valence-electron chi connectivity index (χ0n) is 12.6. The molecule has 1 amide bonds. The first kappa shape index (κ1) is 18.6. The van der Waals surface area contributed by atoms with Gasteiger partial charge in [0.2, 0.25) is 10.0 Å². The van der Waals surface area contributed by atoms with E-state index in [1.165, 1.54) is 0 Å². The molecule has 2 aromatic rings. The lowest BCUT2D eigenvalue weighted by atomic mass is 10.1. The third-order valence-electron chi connectivity index (χ3n) is 2.88. The highest BCUT2D eigenvalue weighted by Gasteiger charge is 2.36. The van der Waals surface area contributed by atoms with E-state index in [1.807, 2.05) is 10.0 Å². The van der Waals surface area contributed by atoms with E-state index in [9.17, 15) is 30.8 Å². The molecular weight excluding hydrogens is 366 g/mol. The highest BCUT2D eigenvalue weighted by atomic mass is 32.2. The molecule has 0 fully saturated rings. The first-order valence-electron chi connectivity index (χ1n) is 6.58. The van der Waals surface area contributed by atoms with Crippen LogP contribution in [0.3, 0.4) is 0 Å². The Balaban J connectivity index is 2.49. The van der Waals surface area contributed by atoms with Crippen LogP contribution in [0.15, 0.2) is 36.5 Å². The molecule has 1 aromatic heterocycles. The summed E-state index contributed by atoms with van der Waals surface area (Å²) in [5.41, 5.74) is -2.26. The average molecular weight is 377 g/mol. The van der Waals surface area contributed by atoms with Crippen LogP contribution in [0, 0.1) is 5.82 Å². The topological polar surface area (TPSA) is 88.2 Å². The first-order valence-corrected chi connectivity index (χ1v) is 8.47. The van der Waals surface area contributed by atoms with Crippen molar-refractivity contribution >= 4 is 27.4 Å². The molecule has 6 nitrogen and oxygen atoms in total. The monoisotopic (exact) mass is 377 g/mol. The van der Waals surface area contributed by atoms with Crippen molar-refractivity contribution in [3.05, 3.63) is 53.5 Å². The number of amides is 1. The number of halogens is 4. The number of pyridine rings is 1. The van der Waals surface area contributed by atoms with Crippen molar-refractivity contribution in [1.82, 2.24) is 4.98 Å². The average Bonchev–Trinajstić information content (AvgIpc) is 2.47. The molecule has 0 atom stereocenters. The molecule has 0 aliphatic heterocycles. The summed E-state index contributed by atoms with van der Waals surface area (Å²) in [7, 11) is -3.95. The maximum Gasteiger partial charge on any atom is 0.418 e. The molecule has 0 radical (unpaired) electrons. The van der Waals surface area contributed by atoms with Crippen LogP contribution in [0.2, 0.25) is 0 Å². The number of aromatic nitrogens is 1. The van der Waals surface area contributed by atoms with Gasteiger partial charge in [0.15, 0.2) is 5.82 Å². The van der Waals surface area contributed by atoms with Gasteiger partial charge in [-0.1, -0.05) is 0 Å². The van der Waals surface area contributed by atoms with Crippen molar-refractivity contribution in [1.29, 1.82) is 0 Å². The van der Waals surface area contributed by atoms with Gasteiger partial charge in [0.1, 0.15) is 5.82 Å². The van der Waals surface area contributed by atoms with Gasteiger partial charge in [-0.25, -0.2) is 17.8 Å². The summed E-state index contributed by atoms with van der Waals surface area (Å²) in [6.07, 6.45) is -3.40. The predicted molar refractivity (Wildman–Crippen MR) is 82.1 cm³/mol.